The molecular formula is C21H32ClN3O4. The molecule has 0 radical (unpaired) electrons. The number of nitrogens with one attached hydrogen (secondary N) is 1. The fourth-order valence-corrected chi connectivity index (χ4v) is 3.07. The molecule has 29 heavy (non-hydrogen) atoms. The van der Waals surface area contributed by atoms with Gasteiger partial charge in [-0.15, -0.1) is 12.4 Å². The Morgan fingerprint density at radius 1 is 1.17 bits per heavy atom. The van der Waals surface area contributed by atoms with Crippen molar-refractivity contribution in [2.45, 2.75) is 46.6 Å². The third-order valence-electron chi connectivity index (χ3n) is 5.02. The monoisotopic (exact) mass is 425 g/mol. The number of likely N-dealkylation sites (tertiary alicyclic amines) is 1. The van der Waals surface area contributed by atoms with Crippen molar-refractivity contribution in [1.82, 2.24) is 4.90 Å². The van der Waals surface area contributed by atoms with E-state index in [2.05, 4.69) is 5.32 Å². The quantitative estimate of drug-likeness (QED) is 0.706. The van der Waals surface area contributed by atoms with Crippen molar-refractivity contribution in [1.29, 1.82) is 0 Å². The van der Waals surface area contributed by atoms with Crippen LogP contribution in [0.1, 0.15) is 50.9 Å². The number of benzene rings is 1. The summed E-state index contributed by atoms with van der Waals surface area (Å²) in [5, 5.41) is 2.78. The van der Waals surface area contributed by atoms with E-state index >= 15 is 0 Å². The molecule has 162 valence electrons. The first-order valence-electron chi connectivity index (χ1n) is 9.76. The van der Waals surface area contributed by atoms with E-state index in [0.717, 1.165) is 0 Å². The van der Waals surface area contributed by atoms with E-state index in [9.17, 15) is 14.4 Å². The fraction of sp³-hybridized carbons (Fsp3) is 0.571. The lowest BCUT2D eigenvalue weighted by Crippen LogP contribution is -2.45. The minimum atomic E-state index is -0.630. The van der Waals surface area contributed by atoms with Crippen LogP contribution in [0, 0.1) is 11.3 Å². The van der Waals surface area contributed by atoms with E-state index in [4.69, 9.17) is 10.5 Å². The molecule has 1 heterocycles. The van der Waals surface area contributed by atoms with Crippen LogP contribution in [0.4, 0.5) is 5.69 Å². The summed E-state index contributed by atoms with van der Waals surface area (Å²) in [4.78, 5) is 38.4. The molecule has 7 nitrogen and oxygen atoms in total. The zero-order valence-corrected chi connectivity index (χ0v) is 18.4. The zero-order valence-electron chi connectivity index (χ0n) is 17.6. The number of carbonyl (C=O) groups is 3. The smallest absolute Gasteiger partial charge is 0.309 e. The summed E-state index contributed by atoms with van der Waals surface area (Å²) >= 11 is 0. The van der Waals surface area contributed by atoms with Gasteiger partial charge in [-0.1, -0.05) is 20.8 Å². The number of amides is 2. The van der Waals surface area contributed by atoms with Crippen molar-refractivity contribution in [3.63, 3.8) is 0 Å². The van der Waals surface area contributed by atoms with Gasteiger partial charge in [-0.25, -0.2) is 0 Å². The number of hydrogen-bond acceptors (Lipinski definition) is 5. The maximum atomic E-state index is 12.7. The van der Waals surface area contributed by atoms with Crippen molar-refractivity contribution in [2.24, 2.45) is 17.1 Å². The Kier molecular flexibility index (Phi) is 9.11. The van der Waals surface area contributed by atoms with E-state index in [1.54, 1.807) is 36.1 Å². The highest BCUT2D eigenvalue weighted by atomic mass is 35.5. The van der Waals surface area contributed by atoms with Gasteiger partial charge in [-0.05, 0) is 49.4 Å². The maximum absolute atomic E-state index is 12.7. The second-order valence-corrected chi connectivity index (χ2v) is 8.23. The number of carbonyl (C=O) groups excluding carboxylic acids is 3. The lowest BCUT2D eigenvalue weighted by atomic mass is 9.87. The molecule has 0 bridgehead atoms. The van der Waals surface area contributed by atoms with E-state index in [1.165, 1.54) is 0 Å². The molecule has 1 fully saturated rings. The normalized spacial score (nSPS) is 15.8. The Labute approximate surface area is 178 Å². The number of hydrogen-bond donors (Lipinski definition) is 2. The van der Waals surface area contributed by atoms with E-state index in [0.29, 0.717) is 43.8 Å². The Morgan fingerprint density at radius 2 is 1.72 bits per heavy atom. The molecule has 1 atom stereocenters. The average Bonchev–Trinajstić information content (AvgIpc) is 2.67. The van der Waals surface area contributed by atoms with Gasteiger partial charge in [0.25, 0.3) is 5.91 Å². The zero-order chi connectivity index (χ0) is 20.9. The number of rotatable bonds is 5. The topological polar surface area (TPSA) is 102 Å². The van der Waals surface area contributed by atoms with Gasteiger partial charge in [0.1, 0.15) is 0 Å². The highest BCUT2D eigenvalue weighted by Crippen LogP contribution is 2.22. The molecule has 8 heteroatoms. The second-order valence-electron chi connectivity index (χ2n) is 8.23. The van der Waals surface area contributed by atoms with Gasteiger partial charge >= 0.3 is 5.97 Å². The summed E-state index contributed by atoms with van der Waals surface area (Å²) in [6.07, 6.45) is 1.23. The van der Waals surface area contributed by atoms with Gasteiger partial charge in [-0.2, -0.15) is 0 Å². The van der Waals surface area contributed by atoms with Crippen LogP contribution in [0.25, 0.3) is 0 Å². The number of nitrogens with two attached hydrogens (primary N) is 1. The van der Waals surface area contributed by atoms with E-state index < -0.39 is 6.04 Å². The van der Waals surface area contributed by atoms with Gasteiger partial charge in [0, 0.05) is 24.3 Å². The number of ether oxygens (including phenoxy) is 1. The van der Waals surface area contributed by atoms with Gasteiger partial charge in [0.2, 0.25) is 5.91 Å². The van der Waals surface area contributed by atoms with E-state index in [1.807, 2.05) is 20.8 Å². The lowest BCUT2D eigenvalue weighted by Gasteiger charge is -2.31. The van der Waals surface area contributed by atoms with Crippen LogP contribution >= 0.6 is 12.4 Å². The van der Waals surface area contributed by atoms with Crippen LogP contribution in [0.5, 0.6) is 0 Å². The minimum Gasteiger partial charge on any atom is -0.466 e. The summed E-state index contributed by atoms with van der Waals surface area (Å²) in [6.45, 7) is 8.95. The van der Waals surface area contributed by atoms with Crippen molar-refractivity contribution in [3.05, 3.63) is 29.8 Å². The largest absolute Gasteiger partial charge is 0.466 e. The van der Waals surface area contributed by atoms with Crippen LogP contribution in [0.2, 0.25) is 0 Å². The standard InChI is InChI=1S/C21H31N3O4.ClH/c1-5-28-20(27)15-10-12-24(13-11-15)19(26)14-6-8-16(9-7-14)23-18(25)17(22)21(2,3)4;/h6-9,15,17H,5,10-13,22H2,1-4H3,(H,23,25);1H/t17-;/m1./s1. The summed E-state index contributed by atoms with van der Waals surface area (Å²) < 4.78 is 5.06. The third-order valence-corrected chi connectivity index (χ3v) is 5.02. The van der Waals surface area contributed by atoms with Crippen molar-refractivity contribution < 1.29 is 19.1 Å². The lowest BCUT2D eigenvalue weighted by molar-refractivity contribution is -0.149. The Hall–Kier alpha value is -2.12. The van der Waals surface area contributed by atoms with Gasteiger partial charge in [0.05, 0.1) is 18.6 Å². The molecule has 0 spiro atoms. The van der Waals surface area contributed by atoms with E-state index in [-0.39, 0.29) is 41.5 Å². The molecule has 0 aromatic heterocycles. The Morgan fingerprint density at radius 3 is 2.21 bits per heavy atom. The Balaban J connectivity index is 0.00000420. The summed E-state index contributed by atoms with van der Waals surface area (Å²) in [5.41, 5.74) is 6.77. The van der Waals surface area contributed by atoms with Gasteiger partial charge in [0.15, 0.2) is 0 Å². The van der Waals surface area contributed by atoms with Crippen LogP contribution in [0.15, 0.2) is 24.3 Å². The number of nitrogens with zero attached hydrogens (tertiary/aromatic N) is 1. The second kappa shape index (κ2) is 10.6. The molecule has 0 saturated carbocycles. The predicted octanol–water partition coefficient (Wildman–Crippen LogP) is 2.84. The first-order chi connectivity index (χ1) is 13.1. The van der Waals surface area contributed by atoms with Crippen LogP contribution < -0.4 is 11.1 Å². The number of anilines is 1. The first-order valence-corrected chi connectivity index (χ1v) is 9.76. The highest BCUT2D eigenvalue weighted by Gasteiger charge is 2.29. The van der Waals surface area contributed by atoms with Gasteiger partial charge in [-0.3, -0.25) is 14.4 Å². The molecule has 2 amide bonds. The van der Waals surface area contributed by atoms with Crippen molar-refractivity contribution in [2.75, 3.05) is 25.0 Å². The third kappa shape index (κ3) is 6.72. The number of piperidine rings is 1. The van der Waals surface area contributed by atoms with Gasteiger partial charge < -0.3 is 20.7 Å². The molecule has 2 rings (SSSR count). The van der Waals surface area contributed by atoms with Crippen molar-refractivity contribution >= 4 is 35.9 Å². The SMILES string of the molecule is CCOC(=O)C1CCN(C(=O)c2ccc(NC(=O)[C@@H](N)C(C)(C)C)cc2)CC1.Cl. The molecule has 1 aromatic rings. The molecule has 1 aliphatic heterocycles. The molecule has 0 aliphatic carbocycles. The highest BCUT2D eigenvalue weighted by molar-refractivity contribution is 5.97. The molecule has 3 N–H and O–H groups in total. The summed E-state index contributed by atoms with van der Waals surface area (Å²) in [6, 6.07) is 6.16. The molecule has 1 saturated heterocycles. The molecule has 1 aromatic carbocycles. The fourth-order valence-electron chi connectivity index (χ4n) is 3.07. The minimum absolute atomic E-state index is 0. The number of halogens is 1. The predicted molar refractivity (Wildman–Crippen MR) is 115 cm³/mol. The molecule has 1 aliphatic rings. The average molecular weight is 426 g/mol. The van der Waals surface area contributed by atoms with Crippen LogP contribution in [0.3, 0.4) is 0 Å². The Bertz CT molecular complexity index is 708. The van der Waals surface area contributed by atoms with Crippen molar-refractivity contribution in [3.8, 4) is 0 Å². The van der Waals surface area contributed by atoms with Crippen LogP contribution in [-0.2, 0) is 14.3 Å². The molecular weight excluding hydrogens is 394 g/mol. The van der Waals surface area contributed by atoms with Crippen LogP contribution in [-0.4, -0.2) is 48.4 Å². The summed E-state index contributed by atoms with van der Waals surface area (Å²) in [7, 11) is 0. The number of esters is 1. The summed E-state index contributed by atoms with van der Waals surface area (Å²) in [5.74, 6) is -0.643. The maximum Gasteiger partial charge on any atom is 0.309 e. The first kappa shape index (κ1) is 24.9. The molecule has 0 unspecified atom stereocenters.